The number of hydrogen-bond acceptors (Lipinski definition) is 4. The highest BCUT2D eigenvalue weighted by molar-refractivity contribution is 6.23. The Morgan fingerprint density at radius 1 is 1.04 bits per heavy atom. The van der Waals surface area contributed by atoms with E-state index in [1.54, 1.807) is 12.1 Å². The Kier molecular flexibility index (Phi) is 3.18. The van der Waals surface area contributed by atoms with E-state index in [2.05, 4.69) is 0 Å². The van der Waals surface area contributed by atoms with Gasteiger partial charge in [-0.25, -0.2) is 0 Å². The van der Waals surface area contributed by atoms with Crippen LogP contribution in [-0.2, 0) is 10.3 Å². The second-order valence-corrected chi connectivity index (χ2v) is 5.48. The fourth-order valence-corrected chi connectivity index (χ4v) is 2.79. The lowest BCUT2D eigenvalue weighted by atomic mass is 9.89. The van der Waals surface area contributed by atoms with Crippen LogP contribution in [0.3, 0.4) is 0 Å². The zero-order valence-electron chi connectivity index (χ0n) is 12.3. The molecule has 0 saturated carbocycles. The Bertz CT molecular complexity index is 811. The smallest absolute Gasteiger partial charge is 0.262 e. The largest absolute Gasteiger partial charge is 0.508 e. The normalized spacial score (nSPS) is 16.1. The summed E-state index contributed by atoms with van der Waals surface area (Å²) in [6, 6.07) is 12.1. The number of nitrogens with zero attached hydrogens (tertiary/aromatic N) is 1. The second kappa shape index (κ2) is 4.95. The molecule has 3 amide bonds. The SMILES string of the molecule is CC(C(N)=O)(c1cccc(O)c1)N1C(=O)c2ccccc2C1=O. The molecule has 1 atom stereocenters. The zero-order chi connectivity index (χ0) is 16.8. The van der Waals surface area contributed by atoms with E-state index in [1.165, 1.54) is 43.3 Å². The number of primary amides is 1. The highest BCUT2D eigenvalue weighted by Gasteiger charge is 2.51. The molecule has 0 saturated heterocycles. The Hall–Kier alpha value is -3.15. The van der Waals surface area contributed by atoms with Gasteiger partial charge in [0.25, 0.3) is 11.8 Å². The summed E-state index contributed by atoms with van der Waals surface area (Å²) < 4.78 is 0. The van der Waals surface area contributed by atoms with E-state index in [1.807, 2.05) is 0 Å². The molecule has 0 fully saturated rings. The molecule has 3 N–H and O–H groups in total. The summed E-state index contributed by atoms with van der Waals surface area (Å²) in [6.45, 7) is 1.39. The van der Waals surface area contributed by atoms with Gasteiger partial charge in [0.05, 0.1) is 11.1 Å². The van der Waals surface area contributed by atoms with E-state index in [4.69, 9.17) is 5.73 Å². The molecule has 23 heavy (non-hydrogen) atoms. The van der Waals surface area contributed by atoms with Crippen molar-refractivity contribution in [2.45, 2.75) is 12.5 Å². The molecule has 3 rings (SSSR count). The number of nitrogens with two attached hydrogens (primary N) is 1. The lowest BCUT2D eigenvalue weighted by Crippen LogP contribution is -2.55. The van der Waals surface area contributed by atoms with E-state index in [0.29, 0.717) is 0 Å². The van der Waals surface area contributed by atoms with Crippen LogP contribution in [-0.4, -0.2) is 27.7 Å². The molecule has 2 aromatic rings. The monoisotopic (exact) mass is 310 g/mol. The highest BCUT2D eigenvalue weighted by Crippen LogP contribution is 2.36. The van der Waals surface area contributed by atoms with Gasteiger partial charge >= 0.3 is 0 Å². The summed E-state index contributed by atoms with van der Waals surface area (Å²) in [5.41, 5.74) is 4.54. The van der Waals surface area contributed by atoms with Crippen molar-refractivity contribution in [3.8, 4) is 5.75 Å². The average Bonchev–Trinajstić information content (AvgIpc) is 2.79. The molecule has 0 radical (unpaired) electrons. The molecule has 1 aliphatic rings. The van der Waals surface area contributed by atoms with Crippen LogP contribution in [0, 0.1) is 0 Å². The van der Waals surface area contributed by atoms with Crippen molar-refractivity contribution in [3.05, 3.63) is 65.2 Å². The number of rotatable bonds is 3. The maximum absolute atomic E-state index is 12.7. The molecule has 1 heterocycles. The van der Waals surface area contributed by atoms with Gasteiger partial charge in [-0.3, -0.25) is 19.3 Å². The number of hydrogen-bond donors (Lipinski definition) is 2. The highest BCUT2D eigenvalue weighted by atomic mass is 16.3. The number of phenols is 1. The molecule has 0 bridgehead atoms. The number of amides is 3. The van der Waals surface area contributed by atoms with E-state index in [0.717, 1.165) is 4.90 Å². The summed E-state index contributed by atoms with van der Waals surface area (Å²) in [5, 5.41) is 9.67. The first-order chi connectivity index (χ1) is 10.9. The molecule has 1 unspecified atom stereocenters. The minimum absolute atomic E-state index is 0.0911. The minimum Gasteiger partial charge on any atom is -0.508 e. The summed E-state index contributed by atoms with van der Waals surface area (Å²) >= 11 is 0. The minimum atomic E-state index is -1.70. The zero-order valence-corrected chi connectivity index (χ0v) is 12.3. The van der Waals surface area contributed by atoms with Crippen LogP contribution in [0.4, 0.5) is 0 Å². The van der Waals surface area contributed by atoms with Crippen LogP contribution >= 0.6 is 0 Å². The van der Waals surface area contributed by atoms with Crippen molar-refractivity contribution in [1.82, 2.24) is 4.90 Å². The van der Waals surface area contributed by atoms with Crippen LogP contribution in [0.15, 0.2) is 48.5 Å². The van der Waals surface area contributed by atoms with Crippen molar-refractivity contribution in [2.24, 2.45) is 5.73 Å². The number of imide groups is 1. The molecule has 0 aliphatic carbocycles. The van der Waals surface area contributed by atoms with Crippen LogP contribution < -0.4 is 5.73 Å². The molecule has 2 aromatic carbocycles. The van der Waals surface area contributed by atoms with E-state index in [-0.39, 0.29) is 22.4 Å². The molecule has 0 spiro atoms. The van der Waals surface area contributed by atoms with Crippen molar-refractivity contribution < 1.29 is 19.5 Å². The van der Waals surface area contributed by atoms with Crippen LogP contribution in [0.1, 0.15) is 33.2 Å². The Morgan fingerprint density at radius 2 is 1.61 bits per heavy atom. The third kappa shape index (κ3) is 1.99. The van der Waals surface area contributed by atoms with Gasteiger partial charge in [-0.2, -0.15) is 0 Å². The van der Waals surface area contributed by atoms with Crippen LogP contribution in [0.5, 0.6) is 5.75 Å². The van der Waals surface area contributed by atoms with Gasteiger partial charge in [-0.05, 0) is 36.8 Å². The number of carbonyl (C=O) groups is 3. The summed E-state index contributed by atoms with van der Waals surface area (Å²) in [7, 11) is 0. The summed E-state index contributed by atoms with van der Waals surface area (Å²) in [6.07, 6.45) is 0. The number of benzene rings is 2. The summed E-state index contributed by atoms with van der Waals surface area (Å²) in [4.78, 5) is 38.3. The average molecular weight is 310 g/mol. The van der Waals surface area contributed by atoms with Gasteiger partial charge in [-0.15, -0.1) is 0 Å². The number of aromatic hydroxyl groups is 1. The van der Waals surface area contributed by atoms with Gasteiger partial charge in [0.1, 0.15) is 5.75 Å². The standard InChI is InChI=1S/C17H14N2O4/c1-17(16(18)23,10-5-4-6-11(20)9-10)19-14(21)12-7-2-3-8-13(12)15(19)22/h2-9,20H,1H3,(H2,18,23). The third-order valence-corrected chi connectivity index (χ3v) is 4.13. The van der Waals surface area contributed by atoms with Gasteiger partial charge in [0.2, 0.25) is 5.91 Å². The quantitative estimate of drug-likeness (QED) is 0.836. The maximum atomic E-state index is 12.7. The predicted octanol–water partition coefficient (Wildman–Crippen LogP) is 1.39. The van der Waals surface area contributed by atoms with Gasteiger partial charge in [0.15, 0.2) is 5.54 Å². The first-order valence-electron chi connectivity index (χ1n) is 6.94. The van der Waals surface area contributed by atoms with Gasteiger partial charge in [-0.1, -0.05) is 24.3 Å². The molecule has 0 aromatic heterocycles. The van der Waals surface area contributed by atoms with Gasteiger partial charge < -0.3 is 10.8 Å². The molecule has 6 heteroatoms. The van der Waals surface area contributed by atoms with E-state index >= 15 is 0 Å². The fourth-order valence-electron chi connectivity index (χ4n) is 2.79. The molecule has 116 valence electrons. The first-order valence-corrected chi connectivity index (χ1v) is 6.94. The molecular weight excluding hydrogens is 296 g/mol. The number of phenolic OH excluding ortho intramolecular Hbond substituents is 1. The number of carbonyl (C=O) groups excluding carboxylic acids is 3. The van der Waals surface area contributed by atoms with Crippen molar-refractivity contribution in [3.63, 3.8) is 0 Å². The predicted molar refractivity (Wildman–Crippen MR) is 81.6 cm³/mol. The van der Waals surface area contributed by atoms with E-state index in [9.17, 15) is 19.5 Å². The molecule has 6 nitrogen and oxygen atoms in total. The second-order valence-electron chi connectivity index (χ2n) is 5.48. The summed E-state index contributed by atoms with van der Waals surface area (Å²) in [5.74, 6) is -2.13. The maximum Gasteiger partial charge on any atom is 0.262 e. The Morgan fingerprint density at radius 3 is 2.09 bits per heavy atom. The third-order valence-electron chi connectivity index (χ3n) is 4.13. The first kappa shape index (κ1) is 14.8. The Labute approximate surface area is 132 Å². The molecular formula is C17H14N2O4. The van der Waals surface area contributed by atoms with E-state index < -0.39 is 23.3 Å². The lowest BCUT2D eigenvalue weighted by molar-refractivity contribution is -0.127. The fraction of sp³-hybridized carbons (Fsp3) is 0.118. The Balaban J connectivity index is 2.20. The van der Waals surface area contributed by atoms with Crippen LogP contribution in [0.2, 0.25) is 0 Å². The van der Waals surface area contributed by atoms with Crippen LogP contribution in [0.25, 0.3) is 0 Å². The van der Waals surface area contributed by atoms with Gasteiger partial charge in [0, 0.05) is 0 Å². The van der Waals surface area contributed by atoms with Crippen molar-refractivity contribution in [2.75, 3.05) is 0 Å². The molecule has 1 aliphatic heterocycles. The lowest BCUT2D eigenvalue weighted by Gasteiger charge is -2.34. The van der Waals surface area contributed by atoms with Crippen molar-refractivity contribution in [1.29, 1.82) is 0 Å². The topological polar surface area (TPSA) is 101 Å². The number of fused-ring (bicyclic) bond motifs is 1. The van der Waals surface area contributed by atoms with Crippen molar-refractivity contribution >= 4 is 17.7 Å².